The molecule has 1 unspecified atom stereocenters. The molecule has 4 heteroatoms. The van der Waals surface area contributed by atoms with Crippen LogP contribution in [-0.2, 0) is 4.74 Å². The fourth-order valence-electron chi connectivity index (χ4n) is 0.969. The fourth-order valence-corrected chi connectivity index (χ4v) is 1.23. The van der Waals surface area contributed by atoms with E-state index in [1.54, 1.807) is 7.11 Å². The summed E-state index contributed by atoms with van der Waals surface area (Å²) in [6.45, 7) is 8.03. The molecular weight excluding hydrogens is 196 g/mol. The van der Waals surface area contributed by atoms with Crippen LogP contribution in [0.3, 0.4) is 0 Å². The molecule has 0 aromatic rings. The summed E-state index contributed by atoms with van der Waals surface area (Å²) in [7, 11) is 3.69. The van der Waals surface area contributed by atoms with E-state index < -0.39 is 0 Å². The number of ether oxygens (including phenoxy) is 1. The van der Waals surface area contributed by atoms with Gasteiger partial charge in [-0.3, -0.25) is 0 Å². The number of methoxy groups -OCH3 is 1. The van der Waals surface area contributed by atoms with Crippen LogP contribution in [0.15, 0.2) is 0 Å². The van der Waals surface area contributed by atoms with Crippen molar-refractivity contribution in [1.29, 1.82) is 0 Å². The quantitative estimate of drug-likeness (QED) is 0.707. The number of hydrogen-bond donors (Lipinski definition) is 1. The van der Waals surface area contributed by atoms with Crippen LogP contribution in [0.5, 0.6) is 0 Å². The Hall–Kier alpha value is -0.350. The summed E-state index contributed by atoms with van der Waals surface area (Å²) < 4.78 is 5.07. The molecule has 0 radical (unpaired) electrons. The third kappa shape index (κ3) is 5.40. The summed E-state index contributed by atoms with van der Waals surface area (Å²) in [6.07, 6.45) is 0. The minimum Gasteiger partial charge on any atom is -0.383 e. The first-order valence-electron chi connectivity index (χ1n) is 4.98. The zero-order valence-corrected chi connectivity index (χ0v) is 10.6. The summed E-state index contributed by atoms with van der Waals surface area (Å²) in [4.78, 5) is 2.03. The Morgan fingerprint density at radius 3 is 2.43 bits per heavy atom. The zero-order chi connectivity index (χ0) is 11.1. The molecule has 0 amide bonds. The van der Waals surface area contributed by atoms with E-state index >= 15 is 0 Å². The number of rotatable bonds is 5. The molecule has 0 bridgehead atoms. The van der Waals surface area contributed by atoms with Gasteiger partial charge in [-0.05, 0) is 25.1 Å². The lowest BCUT2D eigenvalue weighted by atomic mass is 10.2. The number of hydrogen-bond acceptors (Lipinski definition) is 2. The highest BCUT2D eigenvalue weighted by atomic mass is 32.1. The van der Waals surface area contributed by atoms with Crippen LogP contribution in [0.25, 0.3) is 0 Å². The van der Waals surface area contributed by atoms with Gasteiger partial charge < -0.3 is 15.0 Å². The molecule has 0 aliphatic heterocycles. The molecule has 0 rings (SSSR count). The van der Waals surface area contributed by atoms with Crippen molar-refractivity contribution in [3.63, 3.8) is 0 Å². The molecule has 0 saturated carbocycles. The SMILES string of the molecule is COCC(C)N(C)C(=S)NCC(C)C. The van der Waals surface area contributed by atoms with Gasteiger partial charge in [-0.2, -0.15) is 0 Å². The Kier molecular flexibility index (Phi) is 6.83. The molecule has 0 fully saturated rings. The van der Waals surface area contributed by atoms with Crippen LogP contribution in [-0.4, -0.2) is 43.4 Å². The minimum absolute atomic E-state index is 0.312. The molecule has 0 aromatic carbocycles. The number of likely N-dealkylation sites (N-methyl/N-ethyl adjacent to an activating group) is 1. The lowest BCUT2D eigenvalue weighted by Gasteiger charge is -2.27. The molecule has 0 spiro atoms. The third-order valence-electron chi connectivity index (χ3n) is 2.05. The standard InChI is InChI=1S/C10H22N2OS/c1-8(2)6-11-10(14)12(4)9(3)7-13-5/h8-9H,6-7H2,1-5H3,(H,11,14). The first kappa shape index (κ1) is 13.7. The van der Waals surface area contributed by atoms with E-state index in [0.717, 1.165) is 11.7 Å². The van der Waals surface area contributed by atoms with Gasteiger partial charge in [-0.15, -0.1) is 0 Å². The monoisotopic (exact) mass is 218 g/mol. The highest BCUT2D eigenvalue weighted by molar-refractivity contribution is 7.80. The number of nitrogens with zero attached hydrogens (tertiary/aromatic N) is 1. The third-order valence-corrected chi connectivity index (χ3v) is 2.48. The second-order valence-corrected chi connectivity index (χ2v) is 4.38. The van der Waals surface area contributed by atoms with E-state index in [4.69, 9.17) is 17.0 Å². The molecule has 1 N–H and O–H groups in total. The van der Waals surface area contributed by atoms with Crippen LogP contribution in [0, 0.1) is 5.92 Å². The molecule has 14 heavy (non-hydrogen) atoms. The molecule has 1 atom stereocenters. The number of thiocarbonyl (C=S) groups is 1. The normalized spacial score (nSPS) is 12.7. The highest BCUT2D eigenvalue weighted by Crippen LogP contribution is 1.97. The first-order valence-corrected chi connectivity index (χ1v) is 5.39. The van der Waals surface area contributed by atoms with Crippen LogP contribution >= 0.6 is 12.2 Å². The lowest BCUT2D eigenvalue weighted by Crippen LogP contribution is -2.44. The second-order valence-electron chi connectivity index (χ2n) is 4.00. The van der Waals surface area contributed by atoms with E-state index in [1.807, 2.05) is 11.9 Å². The van der Waals surface area contributed by atoms with Crippen LogP contribution < -0.4 is 5.32 Å². The fraction of sp³-hybridized carbons (Fsp3) is 0.900. The largest absolute Gasteiger partial charge is 0.383 e. The maximum absolute atomic E-state index is 5.24. The maximum atomic E-state index is 5.24. The Morgan fingerprint density at radius 2 is 2.00 bits per heavy atom. The van der Waals surface area contributed by atoms with E-state index in [2.05, 4.69) is 26.1 Å². The van der Waals surface area contributed by atoms with E-state index in [1.165, 1.54) is 0 Å². The van der Waals surface area contributed by atoms with Gasteiger partial charge in [-0.25, -0.2) is 0 Å². The van der Waals surface area contributed by atoms with Crippen LogP contribution in [0.1, 0.15) is 20.8 Å². The van der Waals surface area contributed by atoms with Gasteiger partial charge in [0.2, 0.25) is 0 Å². The summed E-state index contributed by atoms with van der Waals surface area (Å²) in [5.41, 5.74) is 0. The van der Waals surface area contributed by atoms with E-state index in [0.29, 0.717) is 18.6 Å². The van der Waals surface area contributed by atoms with Crippen molar-refractivity contribution in [1.82, 2.24) is 10.2 Å². The molecule has 0 aliphatic rings. The molecule has 0 aromatic heterocycles. The smallest absolute Gasteiger partial charge is 0.169 e. The molecule has 3 nitrogen and oxygen atoms in total. The molecule has 0 heterocycles. The zero-order valence-electron chi connectivity index (χ0n) is 9.83. The van der Waals surface area contributed by atoms with Gasteiger partial charge in [0.15, 0.2) is 5.11 Å². The van der Waals surface area contributed by atoms with Crippen molar-refractivity contribution in [2.75, 3.05) is 27.3 Å². The van der Waals surface area contributed by atoms with Gasteiger partial charge >= 0.3 is 0 Å². The molecular formula is C10H22N2OS. The molecule has 84 valence electrons. The van der Waals surface area contributed by atoms with Crippen molar-refractivity contribution in [2.24, 2.45) is 5.92 Å². The predicted octanol–water partition coefficient (Wildman–Crippen LogP) is 1.48. The van der Waals surface area contributed by atoms with Crippen molar-refractivity contribution < 1.29 is 4.74 Å². The average Bonchev–Trinajstić information content (AvgIpc) is 2.13. The number of nitrogens with one attached hydrogen (secondary N) is 1. The second kappa shape index (κ2) is 7.01. The Balaban J connectivity index is 3.86. The summed E-state index contributed by atoms with van der Waals surface area (Å²) in [5.74, 6) is 0.610. The first-order chi connectivity index (χ1) is 6.49. The van der Waals surface area contributed by atoms with Crippen molar-refractivity contribution in [3.8, 4) is 0 Å². The topological polar surface area (TPSA) is 24.5 Å². The Labute approximate surface area is 92.8 Å². The minimum atomic E-state index is 0.312. The van der Waals surface area contributed by atoms with Gasteiger partial charge in [0, 0.05) is 20.7 Å². The van der Waals surface area contributed by atoms with Gasteiger partial charge in [0.25, 0.3) is 0 Å². The molecule has 0 saturated heterocycles. The Morgan fingerprint density at radius 1 is 1.43 bits per heavy atom. The van der Waals surface area contributed by atoms with E-state index in [-0.39, 0.29) is 0 Å². The Bertz CT molecular complexity index is 174. The lowest BCUT2D eigenvalue weighted by molar-refractivity contribution is 0.145. The van der Waals surface area contributed by atoms with E-state index in [9.17, 15) is 0 Å². The summed E-state index contributed by atoms with van der Waals surface area (Å²) in [5, 5.41) is 4.02. The van der Waals surface area contributed by atoms with Crippen molar-refractivity contribution in [3.05, 3.63) is 0 Å². The maximum Gasteiger partial charge on any atom is 0.169 e. The predicted molar refractivity (Wildman–Crippen MR) is 64.5 cm³/mol. The average molecular weight is 218 g/mol. The van der Waals surface area contributed by atoms with Crippen molar-refractivity contribution in [2.45, 2.75) is 26.8 Å². The summed E-state index contributed by atoms with van der Waals surface area (Å²) in [6, 6.07) is 0.312. The molecule has 0 aliphatic carbocycles. The van der Waals surface area contributed by atoms with Gasteiger partial charge in [0.1, 0.15) is 0 Å². The van der Waals surface area contributed by atoms with Gasteiger partial charge in [-0.1, -0.05) is 13.8 Å². The van der Waals surface area contributed by atoms with Crippen LogP contribution in [0.2, 0.25) is 0 Å². The van der Waals surface area contributed by atoms with Gasteiger partial charge in [0.05, 0.1) is 12.6 Å². The summed E-state index contributed by atoms with van der Waals surface area (Å²) >= 11 is 5.24. The van der Waals surface area contributed by atoms with Crippen molar-refractivity contribution >= 4 is 17.3 Å². The van der Waals surface area contributed by atoms with Crippen LogP contribution in [0.4, 0.5) is 0 Å². The highest BCUT2D eigenvalue weighted by Gasteiger charge is 2.11.